The van der Waals surface area contributed by atoms with E-state index in [1.54, 1.807) is 0 Å². The fraction of sp³-hybridized carbons (Fsp3) is 0.667. The Balaban J connectivity index is 1.85. The number of aromatic nitrogens is 1. The molecule has 100 valence electrons. The number of nitrogens with zero attached hydrogens (tertiary/aromatic N) is 2. The van der Waals surface area contributed by atoms with Crippen LogP contribution in [0.3, 0.4) is 0 Å². The number of rotatable bonds is 3. The average molecular weight is 248 g/mol. The van der Waals surface area contributed by atoms with Crippen molar-refractivity contribution in [3.05, 3.63) is 23.5 Å². The molecule has 0 aromatic carbocycles. The zero-order valence-corrected chi connectivity index (χ0v) is 11.8. The van der Waals surface area contributed by atoms with Gasteiger partial charge >= 0.3 is 0 Å². The van der Waals surface area contributed by atoms with Gasteiger partial charge in [-0.3, -0.25) is 4.79 Å². The van der Waals surface area contributed by atoms with E-state index in [1.165, 1.54) is 11.4 Å². The van der Waals surface area contributed by atoms with Crippen molar-refractivity contribution in [3.8, 4) is 0 Å². The van der Waals surface area contributed by atoms with Gasteiger partial charge < -0.3 is 9.47 Å². The third kappa shape index (κ3) is 2.95. The molecule has 2 heterocycles. The van der Waals surface area contributed by atoms with Crippen LogP contribution in [0.5, 0.6) is 0 Å². The first-order valence-corrected chi connectivity index (χ1v) is 6.98. The molecular weight excluding hydrogens is 224 g/mol. The summed E-state index contributed by atoms with van der Waals surface area (Å²) in [4.78, 5) is 14.2. The lowest BCUT2D eigenvalue weighted by atomic mass is 9.99. The summed E-state index contributed by atoms with van der Waals surface area (Å²) in [6.45, 7) is 9.18. The van der Waals surface area contributed by atoms with Crippen LogP contribution in [0, 0.1) is 19.8 Å². The maximum Gasteiger partial charge on any atom is 0.224 e. The van der Waals surface area contributed by atoms with Crippen LogP contribution < -0.4 is 0 Å². The number of hydrogen-bond donors (Lipinski definition) is 0. The number of likely N-dealkylation sites (tertiary alicyclic amines) is 1. The molecule has 3 heteroatoms. The van der Waals surface area contributed by atoms with Crippen LogP contribution in [0.15, 0.2) is 12.1 Å². The highest BCUT2D eigenvalue weighted by Crippen LogP contribution is 2.17. The van der Waals surface area contributed by atoms with E-state index in [-0.39, 0.29) is 0 Å². The van der Waals surface area contributed by atoms with Gasteiger partial charge in [-0.05, 0) is 44.7 Å². The second-order valence-corrected chi connectivity index (χ2v) is 5.58. The zero-order valence-electron chi connectivity index (χ0n) is 11.8. The van der Waals surface area contributed by atoms with Crippen LogP contribution in [0.2, 0.25) is 0 Å². The highest BCUT2D eigenvalue weighted by atomic mass is 16.2. The standard InChI is InChI=1S/C15H24N2O/c1-12-6-9-16(10-7-12)15(18)8-11-17-13(2)4-5-14(17)3/h4-5,12H,6-11H2,1-3H3. The third-order valence-corrected chi connectivity index (χ3v) is 4.10. The van der Waals surface area contributed by atoms with Gasteiger partial charge in [0.2, 0.25) is 5.91 Å². The van der Waals surface area contributed by atoms with Crippen molar-refractivity contribution in [2.24, 2.45) is 5.92 Å². The van der Waals surface area contributed by atoms with Crippen molar-refractivity contribution in [1.82, 2.24) is 9.47 Å². The minimum atomic E-state index is 0.314. The Bertz CT molecular complexity index is 395. The molecule has 0 saturated carbocycles. The number of aryl methyl sites for hydroxylation is 2. The van der Waals surface area contributed by atoms with E-state index in [9.17, 15) is 4.79 Å². The minimum absolute atomic E-state index is 0.314. The van der Waals surface area contributed by atoms with Crippen LogP contribution in [0.1, 0.15) is 37.6 Å². The van der Waals surface area contributed by atoms with Gasteiger partial charge in [0.05, 0.1) is 0 Å². The van der Waals surface area contributed by atoms with Crippen molar-refractivity contribution in [3.63, 3.8) is 0 Å². The maximum absolute atomic E-state index is 12.1. The summed E-state index contributed by atoms with van der Waals surface area (Å²) in [5.74, 6) is 1.09. The fourth-order valence-electron chi connectivity index (χ4n) is 2.68. The van der Waals surface area contributed by atoms with Gasteiger partial charge in [-0.25, -0.2) is 0 Å². The Hall–Kier alpha value is -1.25. The second kappa shape index (κ2) is 5.59. The van der Waals surface area contributed by atoms with E-state index in [0.29, 0.717) is 12.3 Å². The van der Waals surface area contributed by atoms with Gasteiger partial charge in [0.15, 0.2) is 0 Å². The quantitative estimate of drug-likeness (QED) is 0.807. The zero-order chi connectivity index (χ0) is 13.1. The first-order chi connectivity index (χ1) is 8.58. The largest absolute Gasteiger partial charge is 0.349 e. The average Bonchev–Trinajstić information content (AvgIpc) is 2.67. The Morgan fingerprint density at radius 2 is 1.78 bits per heavy atom. The second-order valence-electron chi connectivity index (χ2n) is 5.58. The molecule has 0 unspecified atom stereocenters. The summed E-state index contributed by atoms with van der Waals surface area (Å²) in [5, 5.41) is 0. The van der Waals surface area contributed by atoms with E-state index < -0.39 is 0 Å². The van der Waals surface area contributed by atoms with Gasteiger partial charge in [-0.2, -0.15) is 0 Å². The summed E-state index contributed by atoms with van der Waals surface area (Å²) >= 11 is 0. The van der Waals surface area contributed by atoms with Crippen LogP contribution in [-0.2, 0) is 11.3 Å². The van der Waals surface area contributed by atoms with Gasteiger partial charge in [-0.1, -0.05) is 6.92 Å². The van der Waals surface area contributed by atoms with E-state index in [0.717, 1.165) is 38.4 Å². The molecule has 1 aliphatic heterocycles. The van der Waals surface area contributed by atoms with Crippen LogP contribution in [0.25, 0.3) is 0 Å². The summed E-state index contributed by atoms with van der Waals surface area (Å²) < 4.78 is 2.23. The monoisotopic (exact) mass is 248 g/mol. The molecule has 1 amide bonds. The van der Waals surface area contributed by atoms with Crippen molar-refractivity contribution >= 4 is 5.91 Å². The van der Waals surface area contributed by atoms with Crippen LogP contribution in [0.4, 0.5) is 0 Å². The maximum atomic E-state index is 12.1. The molecule has 1 aromatic rings. The first-order valence-electron chi connectivity index (χ1n) is 6.98. The molecule has 1 saturated heterocycles. The third-order valence-electron chi connectivity index (χ3n) is 4.10. The molecule has 1 fully saturated rings. The SMILES string of the molecule is Cc1ccc(C)n1CCC(=O)N1CCC(C)CC1. The van der Waals surface area contributed by atoms with E-state index in [4.69, 9.17) is 0 Å². The van der Waals surface area contributed by atoms with E-state index in [1.807, 2.05) is 4.90 Å². The van der Waals surface area contributed by atoms with Crippen molar-refractivity contribution in [1.29, 1.82) is 0 Å². The Labute approximate surface area is 110 Å². The Morgan fingerprint density at radius 3 is 2.33 bits per heavy atom. The molecule has 18 heavy (non-hydrogen) atoms. The highest BCUT2D eigenvalue weighted by Gasteiger charge is 2.20. The summed E-state index contributed by atoms with van der Waals surface area (Å²) in [6, 6.07) is 4.23. The molecular formula is C15H24N2O. The van der Waals surface area contributed by atoms with E-state index in [2.05, 4.69) is 37.5 Å². The normalized spacial score (nSPS) is 17.2. The van der Waals surface area contributed by atoms with Crippen LogP contribution in [-0.4, -0.2) is 28.5 Å². The molecule has 2 rings (SSSR count). The molecule has 0 atom stereocenters. The summed E-state index contributed by atoms with van der Waals surface area (Å²) in [6.07, 6.45) is 2.95. The predicted octanol–water partition coefficient (Wildman–Crippen LogP) is 2.75. The number of carbonyl (C=O) groups is 1. The van der Waals surface area contributed by atoms with Crippen LogP contribution >= 0.6 is 0 Å². The molecule has 1 aliphatic rings. The van der Waals surface area contributed by atoms with Crippen molar-refractivity contribution in [2.75, 3.05) is 13.1 Å². The van der Waals surface area contributed by atoms with Gasteiger partial charge in [0.1, 0.15) is 0 Å². The van der Waals surface area contributed by atoms with E-state index >= 15 is 0 Å². The molecule has 1 aromatic heterocycles. The predicted molar refractivity (Wildman–Crippen MR) is 73.5 cm³/mol. The molecule has 0 N–H and O–H groups in total. The Kier molecular flexibility index (Phi) is 4.10. The lowest BCUT2D eigenvalue weighted by Gasteiger charge is -2.30. The number of amides is 1. The minimum Gasteiger partial charge on any atom is -0.349 e. The molecule has 0 radical (unpaired) electrons. The topological polar surface area (TPSA) is 25.2 Å². The number of hydrogen-bond acceptors (Lipinski definition) is 1. The number of carbonyl (C=O) groups excluding carboxylic acids is 1. The van der Waals surface area contributed by atoms with Crippen molar-refractivity contribution in [2.45, 2.75) is 46.6 Å². The molecule has 0 bridgehead atoms. The van der Waals surface area contributed by atoms with Gasteiger partial charge in [0.25, 0.3) is 0 Å². The molecule has 0 spiro atoms. The fourth-order valence-corrected chi connectivity index (χ4v) is 2.68. The lowest BCUT2D eigenvalue weighted by molar-refractivity contribution is -0.132. The van der Waals surface area contributed by atoms with Gasteiger partial charge in [0, 0.05) is 37.4 Å². The molecule has 0 aliphatic carbocycles. The van der Waals surface area contributed by atoms with Gasteiger partial charge in [-0.15, -0.1) is 0 Å². The van der Waals surface area contributed by atoms with Crippen molar-refractivity contribution < 1.29 is 4.79 Å². The highest BCUT2D eigenvalue weighted by molar-refractivity contribution is 5.76. The summed E-state index contributed by atoms with van der Waals surface area (Å²) in [5.41, 5.74) is 2.49. The summed E-state index contributed by atoms with van der Waals surface area (Å²) in [7, 11) is 0. The number of piperidine rings is 1. The lowest BCUT2D eigenvalue weighted by Crippen LogP contribution is -2.38. The first kappa shape index (κ1) is 13.2. The smallest absolute Gasteiger partial charge is 0.224 e. The Morgan fingerprint density at radius 1 is 1.22 bits per heavy atom. The molecule has 3 nitrogen and oxygen atoms in total.